The normalized spacial score (nSPS) is 18.9. The highest BCUT2D eigenvalue weighted by atomic mass is 32.2. The molecule has 1 N–H and O–H groups in total. The van der Waals surface area contributed by atoms with Gasteiger partial charge in [-0.1, -0.05) is 18.2 Å². The SMILES string of the molecule is CN(CCS(C)(=O)=O)C(=O)CNC(=O)C1(C)C(c2cccs2)C(c2ccc(F)cc2)=NN1c1ccc(F)cc1F. The van der Waals surface area contributed by atoms with Crippen LogP contribution in [0.15, 0.2) is 65.1 Å². The summed E-state index contributed by atoms with van der Waals surface area (Å²) in [4.78, 5) is 28.5. The number of carbonyl (C=O) groups excluding carboxylic acids is 2. The lowest BCUT2D eigenvalue weighted by atomic mass is 9.78. The molecule has 8 nitrogen and oxygen atoms in total. The maximum Gasteiger partial charge on any atom is 0.249 e. The highest BCUT2D eigenvalue weighted by Gasteiger charge is 2.55. The van der Waals surface area contributed by atoms with E-state index in [1.54, 1.807) is 17.5 Å². The summed E-state index contributed by atoms with van der Waals surface area (Å²) in [6.07, 6.45) is 1.06. The van der Waals surface area contributed by atoms with E-state index < -0.39 is 57.1 Å². The summed E-state index contributed by atoms with van der Waals surface area (Å²) in [5.74, 6) is -4.49. The van der Waals surface area contributed by atoms with E-state index in [9.17, 15) is 26.8 Å². The lowest BCUT2D eigenvalue weighted by Gasteiger charge is -2.37. The molecule has 0 spiro atoms. The minimum absolute atomic E-state index is 0.0621. The maximum absolute atomic E-state index is 15.1. The number of anilines is 1. The van der Waals surface area contributed by atoms with Crippen LogP contribution in [0.4, 0.5) is 18.9 Å². The molecule has 2 heterocycles. The lowest BCUT2D eigenvalue weighted by molar-refractivity contribution is -0.133. The molecule has 0 saturated carbocycles. The monoisotopic (exact) mass is 592 g/mol. The van der Waals surface area contributed by atoms with Crippen LogP contribution in [-0.4, -0.2) is 68.5 Å². The predicted molar refractivity (Wildman–Crippen MR) is 148 cm³/mol. The van der Waals surface area contributed by atoms with E-state index in [2.05, 4.69) is 10.4 Å². The van der Waals surface area contributed by atoms with E-state index in [1.807, 2.05) is 0 Å². The third-order valence-corrected chi connectivity index (χ3v) is 8.53. The minimum Gasteiger partial charge on any atom is -0.345 e. The summed E-state index contributed by atoms with van der Waals surface area (Å²) in [6.45, 7) is 1.01. The number of benzene rings is 2. The standard InChI is InChI=1S/C27H27F3N4O4S2/c1-27(26(36)31-16-23(35)33(2)12-14-40(3,37)38)24(22-5-4-13-39-22)25(17-6-8-18(28)9-7-17)32-34(27)21-11-10-19(29)15-20(21)30/h4-11,13,15,24H,12,14,16H2,1-3H3,(H,31,36). The lowest BCUT2D eigenvalue weighted by Crippen LogP contribution is -2.58. The van der Waals surface area contributed by atoms with Gasteiger partial charge in [0, 0.05) is 30.8 Å². The van der Waals surface area contributed by atoms with Crippen molar-refractivity contribution in [2.24, 2.45) is 5.10 Å². The molecule has 3 aromatic rings. The number of nitrogens with zero attached hydrogens (tertiary/aromatic N) is 3. The molecule has 0 saturated heterocycles. The molecule has 2 unspecified atom stereocenters. The van der Waals surface area contributed by atoms with Crippen LogP contribution >= 0.6 is 11.3 Å². The number of hydrogen-bond donors (Lipinski definition) is 1. The highest BCUT2D eigenvalue weighted by molar-refractivity contribution is 7.90. The minimum atomic E-state index is -3.31. The van der Waals surface area contributed by atoms with E-state index in [-0.39, 0.29) is 18.0 Å². The number of sulfone groups is 1. The van der Waals surface area contributed by atoms with E-state index in [1.165, 1.54) is 60.5 Å². The van der Waals surface area contributed by atoms with Gasteiger partial charge in [0.1, 0.15) is 21.5 Å². The van der Waals surface area contributed by atoms with Gasteiger partial charge in [0.25, 0.3) is 0 Å². The average molecular weight is 593 g/mol. The Hall–Kier alpha value is -3.71. The zero-order chi connectivity index (χ0) is 29.2. The van der Waals surface area contributed by atoms with Crippen molar-refractivity contribution >= 4 is 44.4 Å². The summed E-state index contributed by atoms with van der Waals surface area (Å²) in [5, 5.41) is 10.2. The van der Waals surface area contributed by atoms with E-state index in [0.29, 0.717) is 22.2 Å². The molecule has 0 bridgehead atoms. The zero-order valence-electron chi connectivity index (χ0n) is 21.9. The zero-order valence-corrected chi connectivity index (χ0v) is 23.5. The number of likely N-dealkylation sites (N-methyl/N-ethyl adjacent to an activating group) is 1. The second kappa shape index (κ2) is 11.4. The molecule has 1 aliphatic rings. The van der Waals surface area contributed by atoms with Crippen molar-refractivity contribution in [3.8, 4) is 0 Å². The summed E-state index contributed by atoms with van der Waals surface area (Å²) < 4.78 is 65.6. The number of hydrogen-bond acceptors (Lipinski definition) is 7. The second-order valence-electron chi connectivity index (χ2n) is 9.62. The van der Waals surface area contributed by atoms with E-state index in [4.69, 9.17) is 0 Å². The quantitative estimate of drug-likeness (QED) is 0.410. The number of carbonyl (C=O) groups is 2. The van der Waals surface area contributed by atoms with Crippen LogP contribution in [0, 0.1) is 17.5 Å². The van der Waals surface area contributed by atoms with E-state index in [0.717, 1.165) is 17.3 Å². The molecule has 40 heavy (non-hydrogen) atoms. The Bertz CT molecular complexity index is 1550. The van der Waals surface area contributed by atoms with Crippen LogP contribution in [-0.2, 0) is 19.4 Å². The van der Waals surface area contributed by atoms with Crippen molar-refractivity contribution in [3.05, 3.63) is 87.9 Å². The number of amides is 2. The van der Waals surface area contributed by atoms with Gasteiger partial charge in [-0.25, -0.2) is 26.6 Å². The van der Waals surface area contributed by atoms with Crippen molar-refractivity contribution in [2.75, 3.05) is 37.2 Å². The maximum atomic E-state index is 15.1. The van der Waals surface area contributed by atoms with E-state index >= 15 is 4.39 Å². The number of thiophene rings is 1. The first-order valence-corrected chi connectivity index (χ1v) is 15.1. The van der Waals surface area contributed by atoms with Crippen LogP contribution in [0.5, 0.6) is 0 Å². The van der Waals surface area contributed by atoms with Crippen molar-refractivity contribution in [3.63, 3.8) is 0 Å². The fourth-order valence-electron chi connectivity index (χ4n) is 4.45. The molecule has 1 aromatic heterocycles. The predicted octanol–water partition coefficient (Wildman–Crippen LogP) is 3.55. The first-order chi connectivity index (χ1) is 18.8. The molecule has 0 radical (unpaired) electrons. The van der Waals surface area contributed by atoms with Gasteiger partial charge in [-0.05, 0) is 48.2 Å². The topological polar surface area (TPSA) is 99.2 Å². The van der Waals surface area contributed by atoms with Gasteiger partial charge in [0.15, 0.2) is 11.4 Å². The van der Waals surface area contributed by atoms with Crippen molar-refractivity contribution < 1.29 is 31.2 Å². The molecule has 0 aliphatic carbocycles. The van der Waals surface area contributed by atoms with Gasteiger partial charge in [0.05, 0.1) is 29.6 Å². The summed E-state index contributed by atoms with van der Waals surface area (Å²) in [6, 6.07) is 11.9. The summed E-state index contributed by atoms with van der Waals surface area (Å²) in [7, 11) is -1.89. The Morgan fingerprint density at radius 1 is 1.10 bits per heavy atom. The van der Waals surface area contributed by atoms with Crippen LogP contribution in [0.25, 0.3) is 0 Å². The van der Waals surface area contributed by atoms with Crippen LogP contribution in [0.2, 0.25) is 0 Å². The largest absolute Gasteiger partial charge is 0.345 e. The Morgan fingerprint density at radius 2 is 1.77 bits per heavy atom. The molecule has 4 rings (SSSR count). The van der Waals surface area contributed by atoms with Crippen LogP contribution in [0.3, 0.4) is 0 Å². The van der Waals surface area contributed by atoms with Gasteiger partial charge < -0.3 is 10.2 Å². The Morgan fingerprint density at radius 3 is 2.38 bits per heavy atom. The van der Waals surface area contributed by atoms with Gasteiger partial charge in [0.2, 0.25) is 11.8 Å². The molecular formula is C27H27F3N4O4S2. The average Bonchev–Trinajstić information content (AvgIpc) is 3.52. The fourth-order valence-corrected chi connectivity index (χ4v) is 6.01. The number of halogens is 3. The Kier molecular flexibility index (Phi) is 8.36. The van der Waals surface area contributed by atoms with Gasteiger partial charge >= 0.3 is 0 Å². The molecule has 0 fully saturated rings. The molecule has 2 amide bonds. The Labute approximate surface area is 234 Å². The summed E-state index contributed by atoms with van der Waals surface area (Å²) >= 11 is 1.34. The van der Waals surface area contributed by atoms with Gasteiger partial charge in [-0.2, -0.15) is 5.10 Å². The molecular weight excluding hydrogens is 565 g/mol. The van der Waals surface area contributed by atoms with Gasteiger partial charge in [-0.15, -0.1) is 11.3 Å². The van der Waals surface area contributed by atoms with Crippen LogP contribution in [0.1, 0.15) is 23.3 Å². The van der Waals surface area contributed by atoms with Gasteiger partial charge in [-0.3, -0.25) is 9.59 Å². The highest BCUT2D eigenvalue weighted by Crippen LogP contribution is 2.46. The third-order valence-electron chi connectivity index (χ3n) is 6.67. The first kappa shape index (κ1) is 29.3. The molecule has 2 atom stereocenters. The third kappa shape index (κ3) is 6.04. The molecule has 2 aromatic carbocycles. The molecule has 13 heteroatoms. The van der Waals surface area contributed by atoms with Crippen molar-refractivity contribution in [2.45, 2.75) is 18.4 Å². The molecule has 212 valence electrons. The van der Waals surface area contributed by atoms with Crippen molar-refractivity contribution in [1.29, 1.82) is 0 Å². The summed E-state index contributed by atoms with van der Waals surface area (Å²) in [5.41, 5.74) is -0.992. The second-order valence-corrected chi connectivity index (χ2v) is 12.9. The Balaban J connectivity index is 1.74. The number of rotatable bonds is 9. The number of hydrazone groups is 1. The van der Waals surface area contributed by atoms with Crippen molar-refractivity contribution in [1.82, 2.24) is 10.2 Å². The van der Waals surface area contributed by atoms with Crippen LogP contribution < -0.4 is 10.3 Å². The molecule has 1 aliphatic heterocycles. The smallest absolute Gasteiger partial charge is 0.249 e. The first-order valence-electron chi connectivity index (χ1n) is 12.1. The number of nitrogens with one attached hydrogen (secondary N) is 1. The fraction of sp³-hybridized carbons (Fsp3) is 0.296.